The number of carbonyl (C=O) groups excluding carboxylic acids is 2. The lowest BCUT2D eigenvalue weighted by atomic mass is 9.94. The summed E-state index contributed by atoms with van der Waals surface area (Å²) in [5, 5.41) is 3.71. The second-order valence-corrected chi connectivity index (χ2v) is 8.44. The molecule has 1 aromatic carbocycles. The minimum atomic E-state index is -0.853. The Labute approximate surface area is 192 Å². The van der Waals surface area contributed by atoms with Crippen molar-refractivity contribution in [1.29, 1.82) is 0 Å². The van der Waals surface area contributed by atoms with Crippen molar-refractivity contribution in [3.63, 3.8) is 0 Å². The molecule has 1 atom stereocenters. The van der Waals surface area contributed by atoms with Gasteiger partial charge in [-0.15, -0.1) is 0 Å². The number of nitrogens with zero attached hydrogens (tertiary/aromatic N) is 2. The SMILES string of the molecule is O=C(NC1CCCCC1)[C@@H](c1ccncc1)N(Cc1ccccc1Cl)C(=O)c1ccco1. The van der Waals surface area contributed by atoms with Gasteiger partial charge in [0.05, 0.1) is 6.26 Å². The van der Waals surface area contributed by atoms with Crippen molar-refractivity contribution in [2.75, 3.05) is 0 Å². The third-order valence-electron chi connectivity index (χ3n) is 5.82. The van der Waals surface area contributed by atoms with Gasteiger partial charge in [0.25, 0.3) is 5.91 Å². The van der Waals surface area contributed by atoms with Crippen LogP contribution in [0.3, 0.4) is 0 Å². The molecule has 1 fully saturated rings. The topological polar surface area (TPSA) is 75.4 Å². The average Bonchev–Trinajstić information content (AvgIpc) is 3.36. The number of rotatable bonds is 7. The van der Waals surface area contributed by atoms with Gasteiger partial charge >= 0.3 is 0 Å². The van der Waals surface area contributed by atoms with Crippen LogP contribution in [-0.2, 0) is 11.3 Å². The van der Waals surface area contributed by atoms with Crippen LogP contribution in [0.5, 0.6) is 0 Å². The molecule has 7 heteroatoms. The summed E-state index contributed by atoms with van der Waals surface area (Å²) in [5.74, 6) is -0.424. The maximum atomic E-state index is 13.6. The number of nitrogens with one attached hydrogen (secondary N) is 1. The lowest BCUT2D eigenvalue weighted by molar-refractivity contribution is -0.127. The van der Waals surface area contributed by atoms with E-state index in [4.69, 9.17) is 16.0 Å². The van der Waals surface area contributed by atoms with Crippen LogP contribution in [0.25, 0.3) is 0 Å². The molecule has 0 radical (unpaired) electrons. The molecule has 2 amide bonds. The molecule has 0 aliphatic heterocycles. The maximum Gasteiger partial charge on any atom is 0.290 e. The van der Waals surface area contributed by atoms with Gasteiger partial charge in [0.2, 0.25) is 5.91 Å². The van der Waals surface area contributed by atoms with Gasteiger partial charge in [-0.05, 0) is 54.3 Å². The van der Waals surface area contributed by atoms with Crippen molar-refractivity contribution in [2.24, 2.45) is 0 Å². The fourth-order valence-electron chi connectivity index (χ4n) is 4.18. The quantitative estimate of drug-likeness (QED) is 0.538. The second-order valence-electron chi connectivity index (χ2n) is 8.03. The van der Waals surface area contributed by atoms with Gasteiger partial charge in [0.15, 0.2) is 5.76 Å². The Morgan fingerprint density at radius 1 is 1.06 bits per heavy atom. The predicted octanol–water partition coefficient (Wildman–Crippen LogP) is 5.16. The lowest BCUT2D eigenvalue weighted by Crippen LogP contribution is -2.46. The van der Waals surface area contributed by atoms with Crippen LogP contribution in [0.4, 0.5) is 0 Å². The third-order valence-corrected chi connectivity index (χ3v) is 6.19. The first-order chi connectivity index (χ1) is 15.6. The van der Waals surface area contributed by atoms with E-state index in [-0.39, 0.29) is 30.2 Å². The van der Waals surface area contributed by atoms with Crippen LogP contribution in [-0.4, -0.2) is 27.7 Å². The number of furan rings is 1. The fraction of sp³-hybridized carbons (Fsp3) is 0.320. The van der Waals surface area contributed by atoms with Gasteiger partial charge < -0.3 is 14.6 Å². The van der Waals surface area contributed by atoms with Gasteiger partial charge in [-0.3, -0.25) is 14.6 Å². The van der Waals surface area contributed by atoms with Gasteiger partial charge in [0.1, 0.15) is 6.04 Å². The summed E-state index contributed by atoms with van der Waals surface area (Å²) in [6.07, 6.45) is 9.98. The lowest BCUT2D eigenvalue weighted by Gasteiger charge is -2.33. The molecule has 1 saturated carbocycles. The molecule has 0 bridgehead atoms. The number of amides is 2. The Bertz CT molecular complexity index is 1030. The van der Waals surface area contributed by atoms with E-state index < -0.39 is 6.04 Å². The highest BCUT2D eigenvalue weighted by Gasteiger charge is 2.34. The molecule has 166 valence electrons. The molecule has 2 aromatic heterocycles. The smallest absolute Gasteiger partial charge is 0.290 e. The molecule has 4 rings (SSSR count). The van der Waals surface area contributed by atoms with E-state index in [1.54, 1.807) is 42.7 Å². The highest BCUT2D eigenvalue weighted by atomic mass is 35.5. The van der Waals surface area contributed by atoms with Crippen LogP contribution in [0.2, 0.25) is 5.02 Å². The minimum absolute atomic E-state index is 0.112. The van der Waals surface area contributed by atoms with Crippen molar-refractivity contribution in [2.45, 2.75) is 50.7 Å². The van der Waals surface area contributed by atoms with E-state index in [9.17, 15) is 9.59 Å². The maximum absolute atomic E-state index is 13.6. The molecule has 2 heterocycles. The summed E-state index contributed by atoms with van der Waals surface area (Å²) in [7, 11) is 0. The van der Waals surface area contributed by atoms with Gasteiger partial charge in [-0.2, -0.15) is 0 Å². The average molecular weight is 452 g/mol. The Hall–Kier alpha value is -3.12. The zero-order valence-electron chi connectivity index (χ0n) is 17.7. The van der Waals surface area contributed by atoms with Crippen molar-refractivity contribution in [1.82, 2.24) is 15.2 Å². The zero-order valence-corrected chi connectivity index (χ0v) is 18.5. The summed E-state index contributed by atoms with van der Waals surface area (Å²) in [6, 6.07) is 13.4. The number of carbonyl (C=O) groups is 2. The molecular weight excluding hydrogens is 426 g/mol. The van der Waals surface area contributed by atoms with Gasteiger partial charge in [-0.25, -0.2) is 0 Å². The van der Waals surface area contributed by atoms with Crippen molar-refractivity contribution in [3.8, 4) is 0 Å². The Balaban J connectivity index is 1.72. The normalized spacial score (nSPS) is 15.2. The third kappa shape index (κ3) is 5.19. The molecule has 3 aromatic rings. The molecule has 0 saturated heterocycles. The van der Waals surface area contributed by atoms with E-state index >= 15 is 0 Å². The molecule has 0 unspecified atom stereocenters. The molecule has 1 N–H and O–H groups in total. The summed E-state index contributed by atoms with van der Waals surface area (Å²) < 4.78 is 5.39. The van der Waals surface area contributed by atoms with Gasteiger partial charge in [0, 0.05) is 30.0 Å². The van der Waals surface area contributed by atoms with Crippen molar-refractivity contribution >= 4 is 23.4 Å². The number of benzene rings is 1. The Morgan fingerprint density at radius 2 is 1.81 bits per heavy atom. The number of hydrogen-bond donors (Lipinski definition) is 1. The minimum Gasteiger partial charge on any atom is -0.459 e. The summed E-state index contributed by atoms with van der Waals surface area (Å²) >= 11 is 6.41. The Kier molecular flexibility index (Phi) is 7.22. The molecule has 6 nitrogen and oxygen atoms in total. The first kappa shape index (κ1) is 22.1. The predicted molar refractivity (Wildman–Crippen MR) is 122 cm³/mol. The first-order valence-electron chi connectivity index (χ1n) is 10.9. The summed E-state index contributed by atoms with van der Waals surface area (Å²) in [6.45, 7) is 0.157. The highest BCUT2D eigenvalue weighted by molar-refractivity contribution is 6.31. The van der Waals surface area contributed by atoms with E-state index in [0.29, 0.717) is 10.6 Å². The van der Waals surface area contributed by atoms with E-state index in [2.05, 4.69) is 10.3 Å². The number of halogens is 1. The van der Waals surface area contributed by atoms with E-state index in [0.717, 1.165) is 31.2 Å². The highest BCUT2D eigenvalue weighted by Crippen LogP contribution is 2.29. The summed E-state index contributed by atoms with van der Waals surface area (Å²) in [5.41, 5.74) is 1.43. The fourth-order valence-corrected chi connectivity index (χ4v) is 4.37. The van der Waals surface area contributed by atoms with Crippen molar-refractivity contribution < 1.29 is 14.0 Å². The molecule has 1 aliphatic rings. The molecule has 0 spiro atoms. The van der Waals surface area contributed by atoms with Crippen LogP contribution in [0, 0.1) is 0 Å². The molecular formula is C25H26ClN3O3. The van der Waals surface area contributed by atoms with E-state index in [1.807, 2.05) is 18.2 Å². The molecule has 32 heavy (non-hydrogen) atoms. The van der Waals surface area contributed by atoms with Crippen LogP contribution in [0.15, 0.2) is 71.6 Å². The van der Waals surface area contributed by atoms with E-state index in [1.165, 1.54) is 17.6 Å². The largest absolute Gasteiger partial charge is 0.459 e. The van der Waals surface area contributed by atoms with Crippen LogP contribution >= 0.6 is 11.6 Å². The molecule has 1 aliphatic carbocycles. The number of pyridine rings is 1. The standard InChI is InChI=1S/C25H26ClN3O3/c26-21-10-5-4-7-19(21)17-29(25(31)22-11-6-16-32-22)23(18-12-14-27-15-13-18)24(30)28-20-8-2-1-3-9-20/h4-7,10-16,20,23H,1-3,8-9,17H2,(H,28,30)/t23-/m1/s1. The summed E-state index contributed by atoms with van der Waals surface area (Å²) in [4.78, 5) is 32.7. The first-order valence-corrected chi connectivity index (χ1v) is 11.3. The van der Waals surface area contributed by atoms with Crippen LogP contribution < -0.4 is 5.32 Å². The zero-order chi connectivity index (χ0) is 22.3. The number of hydrogen-bond acceptors (Lipinski definition) is 4. The van der Waals surface area contributed by atoms with Crippen molar-refractivity contribution in [3.05, 3.63) is 89.1 Å². The van der Waals surface area contributed by atoms with Crippen LogP contribution in [0.1, 0.15) is 59.8 Å². The Morgan fingerprint density at radius 3 is 2.50 bits per heavy atom. The van der Waals surface area contributed by atoms with Gasteiger partial charge in [-0.1, -0.05) is 49.1 Å². The monoisotopic (exact) mass is 451 g/mol. The number of aromatic nitrogens is 1. The second kappa shape index (κ2) is 10.5.